The molecule has 0 atom stereocenters. The maximum atomic E-state index is 11.7. The number of amides is 1. The second-order valence-electron chi connectivity index (χ2n) is 6.34. The summed E-state index contributed by atoms with van der Waals surface area (Å²) in [7, 11) is 2.14. The quantitative estimate of drug-likeness (QED) is 0.834. The minimum Gasteiger partial charge on any atom is -0.369 e. The van der Waals surface area contributed by atoms with Gasteiger partial charge < -0.3 is 20.9 Å². The summed E-state index contributed by atoms with van der Waals surface area (Å²) < 4.78 is 0. The molecule has 3 rings (SSSR count). The van der Waals surface area contributed by atoms with Crippen LogP contribution in [-0.2, 0) is 6.42 Å². The number of carbonyl (C=O) groups excluding carboxylic acids is 1. The van der Waals surface area contributed by atoms with Gasteiger partial charge in [-0.15, -0.1) is 0 Å². The number of primary amides is 1. The van der Waals surface area contributed by atoms with Crippen LogP contribution in [0.2, 0.25) is 5.15 Å². The van der Waals surface area contributed by atoms with E-state index >= 15 is 0 Å². The van der Waals surface area contributed by atoms with Crippen LogP contribution in [-0.4, -0.2) is 54.0 Å². The first-order chi connectivity index (χ1) is 12.5. The Hall–Kier alpha value is -2.38. The van der Waals surface area contributed by atoms with Crippen LogP contribution in [0.4, 0.5) is 17.2 Å². The Labute approximate surface area is 158 Å². The molecule has 1 saturated heterocycles. The predicted molar refractivity (Wildman–Crippen MR) is 104 cm³/mol. The highest BCUT2D eigenvalue weighted by Crippen LogP contribution is 2.24. The molecule has 0 unspecified atom stereocenters. The standard InChI is InChI=1S/C18H23ClN6O/c1-3-14-16(19)23-18(15(22-14)17(20)26)21-12-4-6-13(7-5-12)25-10-8-24(2)9-11-25/h4-7H,3,8-11H2,1-2H3,(H2,20,26)(H,21,23). The average molecular weight is 375 g/mol. The van der Waals surface area contributed by atoms with Crippen molar-refractivity contribution in [2.45, 2.75) is 13.3 Å². The van der Waals surface area contributed by atoms with E-state index in [0.29, 0.717) is 12.1 Å². The van der Waals surface area contributed by atoms with Gasteiger partial charge >= 0.3 is 0 Å². The maximum Gasteiger partial charge on any atom is 0.271 e. The first-order valence-corrected chi connectivity index (χ1v) is 9.02. The number of likely N-dealkylation sites (N-methyl/N-ethyl adjacent to an activating group) is 1. The Morgan fingerprint density at radius 3 is 2.42 bits per heavy atom. The molecular weight excluding hydrogens is 352 g/mol. The molecule has 1 aliphatic heterocycles. The molecule has 2 heterocycles. The van der Waals surface area contributed by atoms with Crippen molar-refractivity contribution in [2.75, 3.05) is 43.4 Å². The number of rotatable bonds is 5. The molecule has 7 nitrogen and oxygen atoms in total. The number of nitrogens with one attached hydrogen (secondary N) is 1. The van der Waals surface area contributed by atoms with Crippen molar-refractivity contribution in [3.63, 3.8) is 0 Å². The Morgan fingerprint density at radius 2 is 1.85 bits per heavy atom. The molecule has 0 radical (unpaired) electrons. The van der Waals surface area contributed by atoms with Gasteiger partial charge in [-0.2, -0.15) is 0 Å². The van der Waals surface area contributed by atoms with Gasteiger partial charge in [-0.05, 0) is 37.7 Å². The van der Waals surface area contributed by atoms with Crippen LogP contribution >= 0.6 is 11.6 Å². The molecule has 0 spiro atoms. The van der Waals surface area contributed by atoms with Crippen LogP contribution in [0.1, 0.15) is 23.1 Å². The van der Waals surface area contributed by atoms with E-state index in [9.17, 15) is 4.79 Å². The zero-order valence-electron chi connectivity index (χ0n) is 15.0. The number of hydrogen-bond acceptors (Lipinski definition) is 6. The normalized spacial score (nSPS) is 15.1. The largest absolute Gasteiger partial charge is 0.369 e. The van der Waals surface area contributed by atoms with Gasteiger partial charge in [0.15, 0.2) is 16.7 Å². The van der Waals surface area contributed by atoms with Gasteiger partial charge in [0.25, 0.3) is 5.91 Å². The first-order valence-electron chi connectivity index (χ1n) is 8.64. The van der Waals surface area contributed by atoms with Gasteiger partial charge in [-0.1, -0.05) is 18.5 Å². The van der Waals surface area contributed by atoms with E-state index in [1.807, 2.05) is 31.2 Å². The van der Waals surface area contributed by atoms with E-state index in [4.69, 9.17) is 17.3 Å². The minimum atomic E-state index is -0.638. The van der Waals surface area contributed by atoms with Crippen LogP contribution in [0.15, 0.2) is 24.3 Å². The van der Waals surface area contributed by atoms with Crippen molar-refractivity contribution in [2.24, 2.45) is 5.73 Å². The minimum absolute atomic E-state index is 0.0920. The highest BCUT2D eigenvalue weighted by molar-refractivity contribution is 6.30. The second kappa shape index (κ2) is 7.88. The molecule has 1 aliphatic rings. The highest BCUT2D eigenvalue weighted by atomic mass is 35.5. The summed E-state index contributed by atoms with van der Waals surface area (Å²) in [6.45, 7) is 6.02. The molecule has 1 aromatic heterocycles. The summed E-state index contributed by atoms with van der Waals surface area (Å²) in [5.41, 5.74) is 8.05. The molecule has 0 bridgehead atoms. The zero-order valence-corrected chi connectivity index (χ0v) is 15.8. The molecule has 8 heteroatoms. The molecule has 1 aromatic carbocycles. The third-order valence-corrected chi connectivity index (χ3v) is 4.79. The Bertz CT molecular complexity index is 787. The lowest BCUT2D eigenvalue weighted by molar-refractivity contribution is 0.0996. The number of aryl methyl sites for hydroxylation is 1. The van der Waals surface area contributed by atoms with Crippen molar-refractivity contribution in [3.8, 4) is 0 Å². The second-order valence-corrected chi connectivity index (χ2v) is 6.70. The summed E-state index contributed by atoms with van der Waals surface area (Å²) >= 11 is 6.13. The fraction of sp³-hybridized carbons (Fsp3) is 0.389. The number of piperazine rings is 1. The SMILES string of the molecule is CCc1nc(C(N)=O)c(Nc2ccc(N3CCN(C)CC3)cc2)nc1Cl. The van der Waals surface area contributed by atoms with Gasteiger partial charge in [-0.25, -0.2) is 9.97 Å². The number of carbonyl (C=O) groups is 1. The smallest absolute Gasteiger partial charge is 0.271 e. The van der Waals surface area contributed by atoms with E-state index in [1.54, 1.807) is 0 Å². The fourth-order valence-electron chi connectivity index (χ4n) is 2.89. The van der Waals surface area contributed by atoms with Crippen molar-refractivity contribution in [1.29, 1.82) is 0 Å². The van der Waals surface area contributed by atoms with E-state index in [0.717, 1.165) is 31.9 Å². The molecule has 1 fully saturated rings. The first kappa shape index (κ1) is 18.4. The third-order valence-electron chi connectivity index (χ3n) is 4.49. The molecule has 26 heavy (non-hydrogen) atoms. The van der Waals surface area contributed by atoms with Crippen LogP contribution < -0.4 is 16.0 Å². The molecule has 3 N–H and O–H groups in total. The fourth-order valence-corrected chi connectivity index (χ4v) is 3.15. The van der Waals surface area contributed by atoms with Crippen molar-refractivity contribution in [1.82, 2.24) is 14.9 Å². The molecule has 0 aliphatic carbocycles. The van der Waals surface area contributed by atoms with Crippen LogP contribution in [0, 0.1) is 0 Å². The van der Waals surface area contributed by atoms with Gasteiger partial charge in [0.05, 0.1) is 5.69 Å². The summed E-state index contributed by atoms with van der Waals surface area (Å²) in [4.78, 5) is 24.9. The van der Waals surface area contributed by atoms with Crippen molar-refractivity contribution < 1.29 is 4.79 Å². The van der Waals surface area contributed by atoms with Gasteiger partial charge in [-0.3, -0.25) is 4.79 Å². The Morgan fingerprint density at radius 1 is 1.19 bits per heavy atom. The summed E-state index contributed by atoms with van der Waals surface area (Å²) in [6, 6.07) is 7.99. The lowest BCUT2D eigenvalue weighted by Crippen LogP contribution is -2.44. The lowest BCUT2D eigenvalue weighted by atomic mass is 10.2. The van der Waals surface area contributed by atoms with Crippen LogP contribution in [0.25, 0.3) is 0 Å². The average Bonchev–Trinajstić information content (AvgIpc) is 2.63. The summed E-state index contributed by atoms with van der Waals surface area (Å²) in [5.74, 6) is -0.368. The molecule has 1 amide bonds. The molecule has 0 saturated carbocycles. The number of aromatic nitrogens is 2. The summed E-state index contributed by atoms with van der Waals surface area (Å²) in [5, 5.41) is 3.37. The van der Waals surface area contributed by atoms with Crippen molar-refractivity contribution >= 4 is 34.7 Å². The Kier molecular flexibility index (Phi) is 5.58. The van der Waals surface area contributed by atoms with E-state index in [-0.39, 0.29) is 16.7 Å². The monoisotopic (exact) mass is 374 g/mol. The van der Waals surface area contributed by atoms with E-state index in [1.165, 1.54) is 5.69 Å². The maximum absolute atomic E-state index is 11.7. The predicted octanol–water partition coefficient (Wildman–Crippen LogP) is 2.29. The number of nitrogens with zero attached hydrogens (tertiary/aromatic N) is 4. The molecular formula is C18H23ClN6O. The van der Waals surface area contributed by atoms with Gasteiger partial charge in [0.2, 0.25) is 0 Å². The third kappa shape index (κ3) is 4.05. The zero-order chi connectivity index (χ0) is 18.7. The number of benzene rings is 1. The number of nitrogens with two attached hydrogens (primary N) is 1. The highest BCUT2D eigenvalue weighted by Gasteiger charge is 2.17. The number of anilines is 3. The van der Waals surface area contributed by atoms with Gasteiger partial charge in [0.1, 0.15) is 0 Å². The molecule has 138 valence electrons. The van der Waals surface area contributed by atoms with Crippen molar-refractivity contribution in [3.05, 3.63) is 40.8 Å². The van der Waals surface area contributed by atoms with Gasteiger partial charge in [0, 0.05) is 37.6 Å². The van der Waals surface area contributed by atoms with E-state index in [2.05, 4.69) is 32.1 Å². The summed E-state index contributed by atoms with van der Waals surface area (Å²) in [6.07, 6.45) is 0.576. The number of hydrogen-bond donors (Lipinski definition) is 2. The topological polar surface area (TPSA) is 87.4 Å². The molecule has 2 aromatic rings. The van der Waals surface area contributed by atoms with Crippen LogP contribution in [0.5, 0.6) is 0 Å². The lowest BCUT2D eigenvalue weighted by Gasteiger charge is -2.34. The Balaban J connectivity index is 1.79. The van der Waals surface area contributed by atoms with Crippen LogP contribution in [0.3, 0.4) is 0 Å². The van der Waals surface area contributed by atoms with E-state index < -0.39 is 5.91 Å². The number of halogens is 1.